The van der Waals surface area contributed by atoms with Crippen molar-refractivity contribution in [2.75, 3.05) is 36.5 Å². The molecule has 0 radical (unpaired) electrons. The Labute approximate surface area is 175 Å². The van der Waals surface area contributed by atoms with Crippen LogP contribution in [0.25, 0.3) is 10.2 Å². The first-order chi connectivity index (χ1) is 14.1. The predicted molar refractivity (Wildman–Crippen MR) is 116 cm³/mol. The Hall–Kier alpha value is -2.69. The molecule has 1 unspecified atom stereocenters. The Morgan fingerprint density at radius 2 is 2.10 bits per heavy atom. The Morgan fingerprint density at radius 3 is 2.83 bits per heavy atom. The number of thiazole rings is 1. The number of primary amides is 1. The van der Waals surface area contributed by atoms with Crippen molar-refractivity contribution in [1.29, 1.82) is 0 Å². The van der Waals surface area contributed by atoms with Crippen LogP contribution in [0.5, 0.6) is 0 Å². The van der Waals surface area contributed by atoms with Gasteiger partial charge in [0, 0.05) is 23.7 Å². The van der Waals surface area contributed by atoms with Gasteiger partial charge in [-0.25, -0.2) is 9.78 Å². The third-order valence-electron chi connectivity index (χ3n) is 4.54. The zero-order valence-electron chi connectivity index (χ0n) is 15.6. The van der Waals surface area contributed by atoms with Gasteiger partial charge >= 0.3 is 6.03 Å². The molecule has 1 aromatic carbocycles. The summed E-state index contributed by atoms with van der Waals surface area (Å²) in [5.74, 6) is -0.200. The number of aromatic nitrogens is 1. The molecule has 3 heterocycles. The molecule has 1 saturated heterocycles. The summed E-state index contributed by atoms with van der Waals surface area (Å²) in [4.78, 5) is 31.6. The molecule has 2 aromatic heterocycles. The molecule has 1 aliphatic rings. The maximum atomic E-state index is 12.6. The van der Waals surface area contributed by atoms with Crippen molar-refractivity contribution in [2.45, 2.75) is 12.5 Å². The summed E-state index contributed by atoms with van der Waals surface area (Å²) in [6.45, 7) is 3.09. The van der Waals surface area contributed by atoms with Crippen molar-refractivity contribution in [3.63, 3.8) is 0 Å². The standard InChI is InChI=1S/C19H21N5O3S2/c20-18(26)22-14(15-2-1-9-28-15)11-17(25)21-12-3-4-13-16(10-12)29-19(23-13)24-5-7-27-8-6-24/h1-4,9-10,14H,5-8,11H2,(H,21,25)(H3,20,22,26). The molecule has 3 aromatic rings. The van der Waals surface area contributed by atoms with Crippen LogP contribution < -0.4 is 21.3 Å². The summed E-state index contributed by atoms with van der Waals surface area (Å²) < 4.78 is 6.40. The normalized spacial score (nSPS) is 15.2. The monoisotopic (exact) mass is 431 g/mol. The number of fused-ring (bicyclic) bond motifs is 1. The molecule has 0 aliphatic carbocycles. The van der Waals surface area contributed by atoms with Gasteiger partial charge in [-0.3, -0.25) is 4.79 Å². The van der Waals surface area contributed by atoms with Gasteiger partial charge in [-0.1, -0.05) is 17.4 Å². The van der Waals surface area contributed by atoms with Crippen molar-refractivity contribution >= 4 is 55.6 Å². The maximum Gasteiger partial charge on any atom is 0.312 e. The van der Waals surface area contributed by atoms with Gasteiger partial charge < -0.3 is 26.0 Å². The lowest BCUT2D eigenvalue weighted by atomic mass is 10.1. The second-order valence-electron chi connectivity index (χ2n) is 6.61. The van der Waals surface area contributed by atoms with E-state index in [1.807, 2.05) is 35.7 Å². The number of benzene rings is 1. The van der Waals surface area contributed by atoms with Gasteiger partial charge in [0.2, 0.25) is 5.91 Å². The molecule has 4 rings (SSSR count). The Morgan fingerprint density at radius 1 is 1.28 bits per heavy atom. The number of rotatable bonds is 6. The van der Waals surface area contributed by atoms with E-state index >= 15 is 0 Å². The number of hydrogen-bond donors (Lipinski definition) is 3. The van der Waals surface area contributed by atoms with E-state index in [9.17, 15) is 9.59 Å². The van der Waals surface area contributed by atoms with Crippen LogP contribution >= 0.6 is 22.7 Å². The van der Waals surface area contributed by atoms with Crippen LogP contribution in [0, 0.1) is 0 Å². The lowest BCUT2D eigenvalue weighted by Gasteiger charge is -2.25. The molecule has 1 atom stereocenters. The van der Waals surface area contributed by atoms with Crippen molar-refractivity contribution in [1.82, 2.24) is 10.3 Å². The quantitative estimate of drug-likeness (QED) is 0.556. The van der Waals surface area contributed by atoms with E-state index in [1.165, 1.54) is 11.3 Å². The van der Waals surface area contributed by atoms with Crippen LogP contribution in [0.1, 0.15) is 17.3 Å². The average molecular weight is 432 g/mol. The molecular formula is C19H21N5O3S2. The number of amides is 3. The van der Waals surface area contributed by atoms with Crippen LogP contribution in [-0.4, -0.2) is 43.2 Å². The Bertz CT molecular complexity index is 999. The third-order valence-corrected chi connectivity index (χ3v) is 6.60. The Kier molecular flexibility index (Phi) is 5.93. The van der Waals surface area contributed by atoms with Crippen LogP contribution in [0.3, 0.4) is 0 Å². The first kappa shape index (κ1) is 19.6. The second-order valence-corrected chi connectivity index (χ2v) is 8.60. The molecule has 4 N–H and O–H groups in total. The van der Waals surface area contributed by atoms with Gasteiger partial charge in [-0.15, -0.1) is 11.3 Å². The fourth-order valence-corrected chi connectivity index (χ4v) is 5.00. The highest BCUT2D eigenvalue weighted by Crippen LogP contribution is 2.31. The fourth-order valence-electron chi connectivity index (χ4n) is 3.16. The smallest absolute Gasteiger partial charge is 0.312 e. The fraction of sp³-hybridized carbons (Fsp3) is 0.316. The predicted octanol–water partition coefficient (Wildman–Crippen LogP) is 2.93. The number of ether oxygens (including phenoxy) is 1. The van der Waals surface area contributed by atoms with Gasteiger partial charge in [-0.2, -0.15) is 0 Å². The molecule has 0 spiro atoms. The second kappa shape index (κ2) is 8.76. The van der Waals surface area contributed by atoms with Gasteiger partial charge in [-0.05, 0) is 29.6 Å². The summed E-state index contributed by atoms with van der Waals surface area (Å²) in [6.07, 6.45) is 0.100. The van der Waals surface area contributed by atoms with Gasteiger partial charge in [0.15, 0.2) is 5.13 Å². The molecule has 152 valence electrons. The lowest BCUT2D eigenvalue weighted by Crippen LogP contribution is -2.36. The molecule has 3 amide bonds. The van der Waals surface area contributed by atoms with Crippen molar-refractivity contribution in [2.24, 2.45) is 5.73 Å². The number of anilines is 2. The molecular weight excluding hydrogens is 410 g/mol. The molecule has 10 heteroatoms. The number of morpholine rings is 1. The number of thiophene rings is 1. The van der Waals surface area contributed by atoms with Crippen LogP contribution in [0.15, 0.2) is 35.7 Å². The largest absolute Gasteiger partial charge is 0.378 e. The average Bonchev–Trinajstić information content (AvgIpc) is 3.37. The van der Waals surface area contributed by atoms with Crippen LogP contribution in [-0.2, 0) is 9.53 Å². The number of hydrogen-bond acceptors (Lipinski definition) is 7. The topological polar surface area (TPSA) is 110 Å². The number of urea groups is 1. The molecule has 0 bridgehead atoms. The minimum Gasteiger partial charge on any atom is -0.378 e. The Balaban J connectivity index is 1.45. The zero-order valence-corrected chi connectivity index (χ0v) is 17.2. The highest BCUT2D eigenvalue weighted by atomic mass is 32.1. The summed E-state index contributed by atoms with van der Waals surface area (Å²) in [5.41, 5.74) is 6.86. The zero-order chi connectivity index (χ0) is 20.2. The first-order valence-corrected chi connectivity index (χ1v) is 10.9. The maximum absolute atomic E-state index is 12.6. The van der Waals surface area contributed by atoms with Gasteiger partial charge in [0.1, 0.15) is 0 Å². The highest BCUT2D eigenvalue weighted by Gasteiger charge is 2.19. The summed E-state index contributed by atoms with van der Waals surface area (Å²) in [7, 11) is 0. The third kappa shape index (κ3) is 4.84. The molecule has 0 saturated carbocycles. The number of carbonyl (C=O) groups excluding carboxylic acids is 2. The van der Waals surface area contributed by atoms with E-state index < -0.39 is 12.1 Å². The minimum atomic E-state index is -0.655. The van der Waals surface area contributed by atoms with E-state index in [2.05, 4.69) is 20.5 Å². The first-order valence-electron chi connectivity index (χ1n) is 9.21. The number of nitrogens with two attached hydrogens (primary N) is 1. The highest BCUT2D eigenvalue weighted by molar-refractivity contribution is 7.22. The van der Waals surface area contributed by atoms with E-state index in [0.717, 1.165) is 33.3 Å². The van der Waals surface area contributed by atoms with E-state index in [-0.39, 0.29) is 12.3 Å². The minimum absolute atomic E-state index is 0.100. The van der Waals surface area contributed by atoms with Gasteiger partial charge in [0.05, 0.1) is 35.9 Å². The van der Waals surface area contributed by atoms with Crippen molar-refractivity contribution < 1.29 is 14.3 Å². The summed E-state index contributed by atoms with van der Waals surface area (Å²) >= 11 is 3.07. The van der Waals surface area contributed by atoms with Crippen molar-refractivity contribution in [3.05, 3.63) is 40.6 Å². The lowest BCUT2D eigenvalue weighted by molar-refractivity contribution is -0.116. The van der Waals surface area contributed by atoms with E-state index in [4.69, 9.17) is 10.5 Å². The SMILES string of the molecule is NC(=O)NC(CC(=O)Nc1ccc2nc(N3CCOCC3)sc2c1)c1cccs1. The molecule has 1 aliphatic heterocycles. The van der Waals surface area contributed by atoms with Crippen LogP contribution in [0.4, 0.5) is 15.6 Å². The molecule has 8 nitrogen and oxygen atoms in total. The molecule has 1 fully saturated rings. The summed E-state index contributed by atoms with van der Waals surface area (Å²) in [6, 6.07) is 8.31. The van der Waals surface area contributed by atoms with E-state index in [1.54, 1.807) is 11.3 Å². The van der Waals surface area contributed by atoms with Crippen LogP contribution in [0.2, 0.25) is 0 Å². The van der Waals surface area contributed by atoms with Gasteiger partial charge in [0.25, 0.3) is 0 Å². The number of carbonyl (C=O) groups is 2. The summed E-state index contributed by atoms with van der Waals surface area (Å²) in [5, 5.41) is 8.40. The number of nitrogens with one attached hydrogen (secondary N) is 2. The van der Waals surface area contributed by atoms with E-state index in [0.29, 0.717) is 18.9 Å². The molecule has 29 heavy (non-hydrogen) atoms. The number of nitrogens with zero attached hydrogens (tertiary/aromatic N) is 2. The van der Waals surface area contributed by atoms with Crippen molar-refractivity contribution in [3.8, 4) is 0 Å².